The molecule has 0 aliphatic carbocycles. The van der Waals surface area contributed by atoms with Gasteiger partial charge in [0.15, 0.2) is 4.77 Å². The van der Waals surface area contributed by atoms with Crippen LogP contribution in [0.5, 0.6) is 0 Å². The van der Waals surface area contributed by atoms with Crippen molar-refractivity contribution >= 4 is 23.1 Å². The van der Waals surface area contributed by atoms with Crippen LogP contribution in [0.15, 0.2) is 66.9 Å². The van der Waals surface area contributed by atoms with Gasteiger partial charge in [-0.2, -0.15) is 5.10 Å². The van der Waals surface area contributed by atoms with Gasteiger partial charge in [0, 0.05) is 44.3 Å². The third-order valence-corrected chi connectivity index (χ3v) is 6.63. The zero-order valence-corrected chi connectivity index (χ0v) is 19.2. The molecule has 0 bridgehead atoms. The van der Waals surface area contributed by atoms with Crippen LogP contribution in [-0.2, 0) is 19.8 Å². The minimum Gasteiger partial charge on any atom is -0.300 e. The van der Waals surface area contributed by atoms with E-state index in [1.807, 2.05) is 29.9 Å². The second-order valence-electron chi connectivity index (χ2n) is 8.43. The quantitative estimate of drug-likeness (QED) is 0.419. The lowest BCUT2D eigenvalue weighted by Gasteiger charge is -2.34. The molecule has 6 nitrogen and oxygen atoms in total. The Morgan fingerprint density at radius 1 is 0.844 bits per heavy atom. The standard InChI is InChI=1S/C25H28N6S/c1-20-27-31(25(32)30(20)17-21-7-3-2-4-8-21)19-29-15-13-28(14-16-29)18-23-10-5-9-22-11-6-12-26-24(22)23/h2-12H,13-19H2,1H3. The van der Waals surface area contributed by atoms with Crippen LogP contribution in [0.2, 0.25) is 0 Å². The molecular formula is C25H28N6S. The van der Waals surface area contributed by atoms with Gasteiger partial charge in [0.05, 0.1) is 18.7 Å². The molecule has 0 radical (unpaired) electrons. The molecule has 1 aliphatic rings. The van der Waals surface area contributed by atoms with E-state index in [4.69, 9.17) is 17.3 Å². The van der Waals surface area contributed by atoms with Gasteiger partial charge < -0.3 is 0 Å². The molecule has 0 atom stereocenters. The summed E-state index contributed by atoms with van der Waals surface area (Å²) >= 11 is 5.75. The Balaban J connectivity index is 1.21. The Labute approximate surface area is 193 Å². The lowest BCUT2D eigenvalue weighted by Crippen LogP contribution is -2.46. The minimum absolute atomic E-state index is 0.741. The molecule has 32 heavy (non-hydrogen) atoms. The van der Waals surface area contributed by atoms with Crippen LogP contribution in [-0.4, -0.2) is 55.3 Å². The Morgan fingerprint density at radius 2 is 1.59 bits per heavy atom. The van der Waals surface area contributed by atoms with E-state index >= 15 is 0 Å². The minimum atomic E-state index is 0.741. The maximum Gasteiger partial charge on any atom is 0.199 e. The first kappa shape index (κ1) is 21.0. The van der Waals surface area contributed by atoms with Crippen molar-refractivity contribution in [2.45, 2.75) is 26.7 Å². The van der Waals surface area contributed by atoms with Gasteiger partial charge in [-0.1, -0.05) is 54.6 Å². The Kier molecular flexibility index (Phi) is 6.12. The van der Waals surface area contributed by atoms with Crippen LogP contribution >= 0.6 is 12.2 Å². The van der Waals surface area contributed by atoms with Crippen molar-refractivity contribution < 1.29 is 0 Å². The molecule has 2 aromatic heterocycles. The van der Waals surface area contributed by atoms with E-state index in [1.165, 1.54) is 16.5 Å². The lowest BCUT2D eigenvalue weighted by molar-refractivity contribution is 0.0982. The molecule has 2 aromatic carbocycles. The molecule has 5 rings (SSSR count). The maximum absolute atomic E-state index is 5.75. The summed E-state index contributed by atoms with van der Waals surface area (Å²) in [5.74, 6) is 0.959. The highest BCUT2D eigenvalue weighted by atomic mass is 32.1. The predicted octanol–water partition coefficient (Wildman–Crippen LogP) is 4.09. The summed E-state index contributed by atoms with van der Waals surface area (Å²) in [5, 5.41) is 5.94. The van der Waals surface area contributed by atoms with Crippen molar-refractivity contribution in [3.05, 3.63) is 88.6 Å². The van der Waals surface area contributed by atoms with E-state index in [0.717, 1.165) is 62.0 Å². The zero-order valence-electron chi connectivity index (χ0n) is 18.4. The molecule has 0 spiro atoms. The average molecular weight is 445 g/mol. The van der Waals surface area contributed by atoms with Crippen molar-refractivity contribution in [2.75, 3.05) is 26.2 Å². The van der Waals surface area contributed by atoms with Crippen molar-refractivity contribution in [2.24, 2.45) is 0 Å². The number of piperazine rings is 1. The number of nitrogens with zero attached hydrogens (tertiary/aromatic N) is 6. The predicted molar refractivity (Wildman–Crippen MR) is 130 cm³/mol. The smallest absolute Gasteiger partial charge is 0.199 e. The van der Waals surface area contributed by atoms with Gasteiger partial charge in [0.25, 0.3) is 0 Å². The highest BCUT2D eigenvalue weighted by molar-refractivity contribution is 7.71. The van der Waals surface area contributed by atoms with Crippen LogP contribution in [0, 0.1) is 11.7 Å². The molecule has 0 N–H and O–H groups in total. The Hall–Kier alpha value is -2.87. The third kappa shape index (κ3) is 4.50. The first-order chi connectivity index (χ1) is 15.7. The molecule has 0 saturated carbocycles. The number of aromatic nitrogens is 4. The molecule has 4 aromatic rings. The van der Waals surface area contributed by atoms with Crippen LogP contribution in [0.1, 0.15) is 17.0 Å². The van der Waals surface area contributed by atoms with E-state index in [1.54, 1.807) is 0 Å². The van der Waals surface area contributed by atoms with Crippen LogP contribution < -0.4 is 0 Å². The van der Waals surface area contributed by atoms with Crippen LogP contribution in [0.25, 0.3) is 10.9 Å². The maximum atomic E-state index is 5.75. The van der Waals surface area contributed by atoms with Gasteiger partial charge >= 0.3 is 0 Å². The van der Waals surface area contributed by atoms with E-state index in [2.05, 4.69) is 67.9 Å². The highest BCUT2D eigenvalue weighted by Crippen LogP contribution is 2.18. The second kappa shape index (κ2) is 9.32. The van der Waals surface area contributed by atoms with Gasteiger partial charge in [0.1, 0.15) is 5.82 Å². The first-order valence-corrected chi connectivity index (χ1v) is 11.5. The second-order valence-corrected chi connectivity index (χ2v) is 8.79. The summed E-state index contributed by atoms with van der Waals surface area (Å²) in [4.78, 5) is 9.55. The highest BCUT2D eigenvalue weighted by Gasteiger charge is 2.19. The molecule has 7 heteroatoms. The van der Waals surface area contributed by atoms with Crippen LogP contribution in [0.3, 0.4) is 0 Å². The van der Waals surface area contributed by atoms with Crippen molar-refractivity contribution in [1.82, 2.24) is 29.1 Å². The van der Waals surface area contributed by atoms with Crippen molar-refractivity contribution in [3.63, 3.8) is 0 Å². The van der Waals surface area contributed by atoms with E-state index in [9.17, 15) is 0 Å². The van der Waals surface area contributed by atoms with Crippen LogP contribution in [0.4, 0.5) is 0 Å². The van der Waals surface area contributed by atoms with Gasteiger partial charge in [-0.05, 0) is 36.3 Å². The largest absolute Gasteiger partial charge is 0.300 e. The van der Waals surface area contributed by atoms with Crippen molar-refractivity contribution in [3.8, 4) is 0 Å². The molecule has 1 aliphatic heterocycles. The van der Waals surface area contributed by atoms with Crippen molar-refractivity contribution in [1.29, 1.82) is 0 Å². The molecule has 0 amide bonds. The number of para-hydroxylation sites is 1. The molecule has 0 unspecified atom stereocenters. The molecule has 164 valence electrons. The fourth-order valence-corrected chi connectivity index (χ4v) is 4.70. The number of benzene rings is 2. The average Bonchev–Trinajstić information content (AvgIpc) is 3.08. The fourth-order valence-electron chi connectivity index (χ4n) is 4.40. The van der Waals surface area contributed by atoms with Gasteiger partial charge in [-0.15, -0.1) is 0 Å². The monoisotopic (exact) mass is 444 g/mol. The third-order valence-electron chi connectivity index (χ3n) is 6.20. The summed E-state index contributed by atoms with van der Waals surface area (Å²) in [6.07, 6.45) is 1.88. The Bertz CT molecular complexity index is 1250. The number of hydrogen-bond donors (Lipinski definition) is 0. The fraction of sp³-hybridized carbons (Fsp3) is 0.320. The number of rotatable bonds is 6. The number of pyridine rings is 1. The summed E-state index contributed by atoms with van der Waals surface area (Å²) in [6.45, 7) is 8.54. The first-order valence-electron chi connectivity index (χ1n) is 11.1. The van der Waals surface area contributed by atoms with E-state index in [0.29, 0.717) is 0 Å². The normalized spacial score (nSPS) is 15.4. The summed E-state index contributed by atoms with van der Waals surface area (Å²) < 4.78 is 4.88. The lowest BCUT2D eigenvalue weighted by atomic mass is 10.1. The summed E-state index contributed by atoms with van der Waals surface area (Å²) in [6, 6.07) is 21.0. The SMILES string of the molecule is Cc1nn(CN2CCN(Cc3cccc4cccnc34)CC2)c(=S)n1Cc1ccccc1. The van der Waals surface area contributed by atoms with Gasteiger partial charge in [0.2, 0.25) is 0 Å². The van der Waals surface area contributed by atoms with Gasteiger partial charge in [-0.3, -0.25) is 19.4 Å². The molecule has 1 fully saturated rings. The van der Waals surface area contributed by atoms with Gasteiger partial charge in [-0.25, -0.2) is 4.68 Å². The van der Waals surface area contributed by atoms with E-state index < -0.39 is 0 Å². The summed E-state index contributed by atoms with van der Waals surface area (Å²) in [7, 11) is 0. The number of aryl methyl sites for hydroxylation is 1. The molecular weight excluding hydrogens is 416 g/mol. The zero-order chi connectivity index (χ0) is 21.9. The number of fused-ring (bicyclic) bond motifs is 1. The molecule has 3 heterocycles. The summed E-state index contributed by atoms with van der Waals surface area (Å²) in [5.41, 5.74) is 3.65. The van der Waals surface area contributed by atoms with E-state index in [-0.39, 0.29) is 0 Å². The Morgan fingerprint density at radius 3 is 2.41 bits per heavy atom. The number of hydrogen-bond acceptors (Lipinski definition) is 5. The molecule has 1 saturated heterocycles. The topological polar surface area (TPSA) is 42.1 Å².